The molecule has 0 saturated heterocycles. The Morgan fingerprint density at radius 3 is 1.67 bits per heavy atom. The maximum atomic E-state index is 5.93. The van der Waals surface area contributed by atoms with Gasteiger partial charge in [0.1, 0.15) is 4.49 Å². The van der Waals surface area contributed by atoms with E-state index in [2.05, 4.69) is 0 Å². The first-order chi connectivity index (χ1) is 6.16. The fraction of sp³-hybridized carbons (Fsp3) is 0.714. The van der Waals surface area contributed by atoms with Gasteiger partial charge in [0.05, 0.1) is 5.03 Å². The zero-order valence-electron chi connectivity index (χ0n) is 7.77. The normalized spacial score (nSPS) is 12.0. The monoisotopic (exact) mass is 370 g/mol. The SMILES string of the molecule is CCCC(Cl)(Cl)C(Cl)(Cl)C(Cl)=C(Cl)Cl.P. The summed E-state index contributed by atoms with van der Waals surface area (Å²) in [6.45, 7) is 1.88. The van der Waals surface area contributed by atoms with E-state index >= 15 is 0 Å². The van der Waals surface area contributed by atoms with Crippen LogP contribution in [0.4, 0.5) is 0 Å². The van der Waals surface area contributed by atoms with E-state index in [0.717, 1.165) is 0 Å². The lowest BCUT2D eigenvalue weighted by Gasteiger charge is -2.32. The van der Waals surface area contributed by atoms with Gasteiger partial charge in [0.15, 0.2) is 8.67 Å². The second-order valence-electron chi connectivity index (χ2n) is 2.60. The molecule has 0 rings (SSSR count). The van der Waals surface area contributed by atoms with Gasteiger partial charge in [0.2, 0.25) is 0 Å². The molecule has 0 aromatic heterocycles. The smallest absolute Gasteiger partial charge is 0.153 e. The molecule has 0 spiro atoms. The average Bonchev–Trinajstić information content (AvgIpc) is 2.02. The summed E-state index contributed by atoms with van der Waals surface area (Å²) < 4.78 is -3.40. The van der Waals surface area contributed by atoms with E-state index in [1.165, 1.54) is 0 Å². The molecule has 0 aromatic rings. The molecular weight excluding hydrogens is 363 g/mol. The lowest BCUT2D eigenvalue weighted by Crippen LogP contribution is -2.36. The van der Waals surface area contributed by atoms with E-state index in [-0.39, 0.29) is 19.4 Å². The summed E-state index contributed by atoms with van der Waals surface area (Å²) >= 11 is 40.3. The van der Waals surface area contributed by atoms with Gasteiger partial charge in [0.25, 0.3) is 0 Å². The predicted molar refractivity (Wildman–Crippen MR) is 79.5 cm³/mol. The minimum absolute atomic E-state index is 0. The van der Waals surface area contributed by atoms with Crippen molar-refractivity contribution < 1.29 is 0 Å². The molecule has 15 heavy (non-hydrogen) atoms. The van der Waals surface area contributed by atoms with Gasteiger partial charge in [-0.1, -0.05) is 94.6 Å². The fourth-order valence-corrected chi connectivity index (χ4v) is 2.43. The van der Waals surface area contributed by atoms with Crippen molar-refractivity contribution in [3.8, 4) is 0 Å². The van der Waals surface area contributed by atoms with Crippen LogP contribution < -0.4 is 0 Å². The third-order valence-electron chi connectivity index (χ3n) is 1.46. The van der Waals surface area contributed by atoms with E-state index in [0.29, 0.717) is 12.8 Å². The molecule has 0 aliphatic rings. The third kappa shape index (κ3) is 5.14. The fourth-order valence-electron chi connectivity index (χ4n) is 0.750. The zero-order chi connectivity index (χ0) is 11.6. The molecule has 8 heteroatoms. The van der Waals surface area contributed by atoms with Crippen molar-refractivity contribution in [1.29, 1.82) is 0 Å². The van der Waals surface area contributed by atoms with Gasteiger partial charge in [-0.25, -0.2) is 0 Å². The number of hydrogen-bond acceptors (Lipinski definition) is 0. The molecule has 92 valence electrons. The van der Waals surface area contributed by atoms with Crippen LogP contribution in [-0.2, 0) is 0 Å². The van der Waals surface area contributed by atoms with Crippen LogP contribution in [-0.4, -0.2) is 8.67 Å². The van der Waals surface area contributed by atoms with Gasteiger partial charge < -0.3 is 0 Å². The first-order valence-corrected chi connectivity index (χ1v) is 6.28. The van der Waals surface area contributed by atoms with Crippen LogP contribution >= 0.6 is 91.1 Å². The van der Waals surface area contributed by atoms with Crippen LogP contribution in [0.2, 0.25) is 0 Å². The number of rotatable bonds is 4. The molecule has 0 heterocycles. The molecule has 0 aliphatic heterocycles. The molecule has 0 saturated carbocycles. The molecule has 0 fully saturated rings. The van der Waals surface area contributed by atoms with Gasteiger partial charge in [0, 0.05) is 0 Å². The summed E-state index contributed by atoms with van der Waals surface area (Å²) in [5.41, 5.74) is 0. The van der Waals surface area contributed by atoms with Gasteiger partial charge >= 0.3 is 0 Å². The summed E-state index contributed by atoms with van der Waals surface area (Å²) in [7, 11) is 0. The minimum atomic E-state index is -1.72. The van der Waals surface area contributed by atoms with E-state index in [4.69, 9.17) is 81.2 Å². The Morgan fingerprint density at radius 2 is 1.40 bits per heavy atom. The molecule has 0 aromatic carbocycles. The van der Waals surface area contributed by atoms with Crippen LogP contribution in [0.5, 0.6) is 0 Å². The lowest BCUT2D eigenvalue weighted by atomic mass is 10.1. The Kier molecular flexibility index (Phi) is 9.89. The highest BCUT2D eigenvalue weighted by atomic mass is 35.5. The number of hydrogen-bond donors (Lipinski definition) is 0. The van der Waals surface area contributed by atoms with Crippen molar-refractivity contribution in [3.05, 3.63) is 9.52 Å². The van der Waals surface area contributed by atoms with Gasteiger partial charge in [-0.3, -0.25) is 0 Å². The van der Waals surface area contributed by atoms with Gasteiger partial charge in [-0.15, -0.1) is 0 Å². The summed E-state index contributed by atoms with van der Waals surface area (Å²) in [6.07, 6.45) is 1.05. The number of halogens is 7. The van der Waals surface area contributed by atoms with Gasteiger partial charge in [-0.2, -0.15) is 9.90 Å². The van der Waals surface area contributed by atoms with E-state index in [1.807, 2.05) is 6.92 Å². The van der Waals surface area contributed by atoms with Crippen LogP contribution in [0, 0.1) is 0 Å². The predicted octanol–water partition coefficient (Wildman–Crippen LogP) is 6.08. The van der Waals surface area contributed by atoms with Crippen LogP contribution in [0.3, 0.4) is 0 Å². The van der Waals surface area contributed by atoms with E-state index in [1.54, 1.807) is 0 Å². The first-order valence-electron chi connectivity index (χ1n) is 3.63. The minimum Gasteiger partial charge on any atom is -0.153 e. The average molecular weight is 373 g/mol. The van der Waals surface area contributed by atoms with Crippen molar-refractivity contribution in [1.82, 2.24) is 0 Å². The van der Waals surface area contributed by atoms with Crippen molar-refractivity contribution in [2.24, 2.45) is 0 Å². The Hall–Kier alpha value is 2.20. The highest BCUT2D eigenvalue weighted by Crippen LogP contribution is 2.52. The molecule has 0 N–H and O–H groups in total. The van der Waals surface area contributed by atoms with E-state index < -0.39 is 8.67 Å². The first kappa shape index (κ1) is 19.5. The van der Waals surface area contributed by atoms with Crippen molar-refractivity contribution in [2.45, 2.75) is 28.4 Å². The standard InChI is InChI=1S/C7H7Cl7.H3P/c1-2-3-6(11,12)7(13,14)4(8)5(9)10;/h2-3H2,1H3;1H3. The van der Waals surface area contributed by atoms with E-state index in [9.17, 15) is 0 Å². The maximum Gasteiger partial charge on any atom is 0.188 e. The Balaban J connectivity index is 0. The summed E-state index contributed by atoms with van der Waals surface area (Å²) in [4.78, 5) is 0. The van der Waals surface area contributed by atoms with Crippen molar-refractivity contribution in [3.63, 3.8) is 0 Å². The molecule has 0 nitrogen and oxygen atoms in total. The van der Waals surface area contributed by atoms with Crippen LogP contribution in [0.15, 0.2) is 9.52 Å². The second-order valence-corrected chi connectivity index (χ2v) is 6.74. The summed E-state index contributed by atoms with van der Waals surface area (Å²) in [5, 5.41) is -0.178. The molecule has 0 aliphatic carbocycles. The highest BCUT2D eigenvalue weighted by Gasteiger charge is 2.49. The number of alkyl halides is 4. The largest absolute Gasteiger partial charge is 0.188 e. The zero-order valence-corrected chi connectivity index (χ0v) is 14.5. The van der Waals surface area contributed by atoms with Crippen molar-refractivity contribution >= 4 is 91.1 Å². The van der Waals surface area contributed by atoms with Crippen LogP contribution in [0.25, 0.3) is 0 Å². The topological polar surface area (TPSA) is 0 Å². The van der Waals surface area contributed by atoms with Gasteiger partial charge in [-0.05, 0) is 6.42 Å². The Labute approximate surface area is 128 Å². The maximum absolute atomic E-state index is 5.93. The van der Waals surface area contributed by atoms with Crippen LogP contribution in [0.1, 0.15) is 19.8 Å². The quantitative estimate of drug-likeness (QED) is 0.414. The Bertz CT molecular complexity index is 231. The Morgan fingerprint density at radius 1 is 1.00 bits per heavy atom. The lowest BCUT2D eigenvalue weighted by molar-refractivity contribution is 0.653. The highest BCUT2D eigenvalue weighted by molar-refractivity contribution is 6.92. The molecule has 0 radical (unpaired) electrons. The second kappa shape index (κ2) is 7.59. The molecular formula is C7H10Cl7P. The van der Waals surface area contributed by atoms with Crippen molar-refractivity contribution in [2.75, 3.05) is 0 Å². The molecule has 1 unspecified atom stereocenters. The number of allylic oxidation sites excluding steroid dienone is 1. The summed E-state index contributed by atoms with van der Waals surface area (Å²) in [5.74, 6) is 0. The molecule has 1 atom stereocenters. The summed E-state index contributed by atoms with van der Waals surface area (Å²) in [6, 6.07) is 0. The molecule has 0 bridgehead atoms. The third-order valence-corrected chi connectivity index (χ3v) is 5.06. The molecule has 0 amide bonds.